The third-order valence-electron chi connectivity index (χ3n) is 5.37. The second-order valence-corrected chi connectivity index (χ2v) is 8.95. The first-order valence-corrected chi connectivity index (χ1v) is 12.0. The van der Waals surface area contributed by atoms with E-state index in [1.807, 2.05) is 44.2 Å². The molecule has 0 radical (unpaired) electrons. The first-order valence-electron chi connectivity index (χ1n) is 11.2. The number of carbonyl (C=O) groups excluding carboxylic acids is 3. The van der Waals surface area contributed by atoms with Crippen LogP contribution in [0.4, 0.5) is 4.79 Å². The third-order valence-corrected chi connectivity index (χ3v) is 6.26. The van der Waals surface area contributed by atoms with Gasteiger partial charge in [0, 0.05) is 5.56 Å². The Hall–Kier alpha value is -3.52. The van der Waals surface area contributed by atoms with Gasteiger partial charge >= 0.3 is 5.97 Å². The maximum Gasteiger partial charge on any atom is 0.328 e. The topological polar surface area (TPSA) is 82.1 Å². The number of rotatable bonds is 10. The largest absolute Gasteiger partial charge is 0.490 e. The van der Waals surface area contributed by atoms with Gasteiger partial charge < -0.3 is 14.2 Å². The Morgan fingerprint density at radius 1 is 1.17 bits per heavy atom. The molecule has 184 valence electrons. The Labute approximate surface area is 209 Å². The zero-order chi connectivity index (χ0) is 25.5. The Bertz CT molecular complexity index is 1160. The number of imide groups is 1. The fourth-order valence-electron chi connectivity index (χ4n) is 3.58. The number of hydrogen-bond acceptors (Lipinski definition) is 7. The van der Waals surface area contributed by atoms with E-state index in [0.29, 0.717) is 36.7 Å². The number of hydrogen-bond donors (Lipinski definition) is 0. The van der Waals surface area contributed by atoms with Crippen LogP contribution in [0.5, 0.6) is 11.5 Å². The molecule has 0 saturated carbocycles. The van der Waals surface area contributed by atoms with E-state index in [0.717, 1.165) is 27.8 Å². The summed E-state index contributed by atoms with van der Waals surface area (Å²) in [6, 6.07) is 10.7. The first-order chi connectivity index (χ1) is 16.8. The lowest BCUT2D eigenvalue weighted by atomic mass is 10.0. The maximum atomic E-state index is 12.9. The van der Waals surface area contributed by atoms with Crippen LogP contribution in [0.1, 0.15) is 36.1 Å². The lowest BCUT2D eigenvalue weighted by molar-refractivity contribution is -0.148. The molecular formula is C27H29NO6S. The lowest BCUT2D eigenvalue weighted by Crippen LogP contribution is -2.42. The molecule has 0 N–H and O–H groups in total. The fraction of sp³-hybridized carbons (Fsp3) is 0.296. The zero-order valence-corrected chi connectivity index (χ0v) is 21.1. The minimum Gasteiger partial charge on any atom is -0.490 e. The second-order valence-electron chi connectivity index (χ2n) is 7.96. The Balaban J connectivity index is 1.94. The maximum absolute atomic E-state index is 12.9. The van der Waals surface area contributed by atoms with Gasteiger partial charge in [0.15, 0.2) is 11.5 Å². The Kier molecular flexibility index (Phi) is 8.76. The monoisotopic (exact) mass is 495 g/mol. The number of esters is 1. The van der Waals surface area contributed by atoms with Gasteiger partial charge in [-0.1, -0.05) is 35.9 Å². The highest BCUT2D eigenvalue weighted by Crippen LogP contribution is 2.38. The smallest absolute Gasteiger partial charge is 0.328 e. The Morgan fingerprint density at radius 2 is 1.89 bits per heavy atom. The molecule has 1 aliphatic heterocycles. The molecule has 0 bridgehead atoms. The van der Waals surface area contributed by atoms with Gasteiger partial charge in [0.2, 0.25) is 0 Å². The summed E-state index contributed by atoms with van der Waals surface area (Å²) < 4.78 is 16.7. The third kappa shape index (κ3) is 6.14. The van der Waals surface area contributed by atoms with Gasteiger partial charge in [-0.3, -0.25) is 14.5 Å². The number of benzene rings is 2. The second kappa shape index (κ2) is 11.8. The molecule has 2 aromatic rings. The summed E-state index contributed by atoms with van der Waals surface area (Å²) in [4.78, 5) is 38.3. The van der Waals surface area contributed by atoms with Crippen molar-refractivity contribution in [3.8, 4) is 11.5 Å². The van der Waals surface area contributed by atoms with Gasteiger partial charge in [0.1, 0.15) is 12.6 Å². The number of thioether (sulfide) groups is 1. The van der Waals surface area contributed by atoms with Crippen molar-refractivity contribution in [2.24, 2.45) is 0 Å². The van der Waals surface area contributed by atoms with Crippen molar-refractivity contribution in [1.29, 1.82) is 0 Å². The number of aryl methyl sites for hydroxylation is 1. The van der Waals surface area contributed by atoms with E-state index in [1.54, 1.807) is 18.2 Å². The van der Waals surface area contributed by atoms with Gasteiger partial charge in [-0.05, 0) is 68.3 Å². The van der Waals surface area contributed by atoms with Crippen molar-refractivity contribution in [3.63, 3.8) is 0 Å². The van der Waals surface area contributed by atoms with Crippen molar-refractivity contribution in [2.45, 2.75) is 39.8 Å². The van der Waals surface area contributed by atoms with E-state index in [9.17, 15) is 14.4 Å². The highest BCUT2D eigenvalue weighted by Gasteiger charge is 2.41. The summed E-state index contributed by atoms with van der Waals surface area (Å²) in [5, 5.41) is -0.520. The minimum absolute atomic E-state index is 0.214. The van der Waals surface area contributed by atoms with Crippen LogP contribution < -0.4 is 9.47 Å². The highest BCUT2D eigenvalue weighted by molar-refractivity contribution is 8.18. The number of allylic oxidation sites excluding steroid dienone is 1. The summed E-state index contributed by atoms with van der Waals surface area (Å²) in [7, 11) is 1.21. The van der Waals surface area contributed by atoms with Crippen molar-refractivity contribution >= 4 is 35.0 Å². The highest BCUT2D eigenvalue weighted by atomic mass is 32.2. The van der Waals surface area contributed by atoms with E-state index >= 15 is 0 Å². The number of nitrogens with zero attached hydrogens (tertiary/aromatic N) is 1. The van der Waals surface area contributed by atoms with Crippen LogP contribution in [0.2, 0.25) is 0 Å². The van der Waals surface area contributed by atoms with Crippen LogP contribution >= 0.6 is 11.8 Å². The molecule has 1 aliphatic rings. The molecule has 1 saturated heterocycles. The quantitative estimate of drug-likeness (QED) is 0.251. The molecule has 3 rings (SSSR count). The summed E-state index contributed by atoms with van der Waals surface area (Å²) in [5.41, 5.74) is 3.71. The summed E-state index contributed by atoms with van der Waals surface area (Å²) in [6.07, 6.45) is 3.90. The molecule has 0 unspecified atom stereocenters. The molecule has 2 aromatic carbocycles. The van der Waals surface area contributed by atoms with Gasteiger partial charge in [-0.15, -0.1) is 6.58 Å². The predicted molar refractivity (Wildman–Crippen MR) is 136 cm³/mol. The number of amides is 2. The number of carbonyl (C=O) groups is 3. The molecule has 7 nitrogen and oxygen atoms in total. The normalized spacial score (nSPS) is 15.3. The van der Waals surface area contributed by atoms with Crippen molar-refractivity contribution in [2.75, 3.05) is 13.7 Å². The average Bonchev–Trinajstić information content (AvgIpc) is 3.11. The molecule has 8 heteroatoms. The molecule has 1 atom stereocenters. The fourth-order valence-corrected chi connectivity index (χ4v) is 4.49. The van der Waals surface area contributed by atoms with Crippen molar-refractivity contribution < 1.29 is 28.6 Å². The van der Waals surface area contributed by atoms with Crippen LogP contribution in [0.3, 0.4) is 0 Å². The number of methoxy groups -OCH3 is 1. The molecule has 2 amide bonds. The standard InChI is InChI=1S/C27H29NO6S/c1-6-8-21-13-20(15-23-25(29)28(27(31)35-23)18(4)26(30)32-5)14-22(33-7-2)24(21)34-16-19-11-9-17(3)10-12-19/h6,9-15,18H,1,7-8,16H2,2-5H3/b23-15+/t18-/m0/s1. The van der Waals surface area contributed by atoms with Crippen LogP contribution in [-0.2, 0) is 27.4 Å². The Morgan fingerprint density at radius 3 is 2.51 bits per heavy atom. The van der Waals surface area contributed by atoms with Crippen molar-refractivity contribution in [1.82, 2.24) is 4.90 Å². The molecule has 1 fully saturated rings. The van der Waals surface area contributed by atoms with Gasteiger partial charge in [-0.2, -0.15) is 0 Å². The van der Waals surface area contributed by atoms with Crippen LogP contribution in [0.25, 0.3) is 6.08 Å². The minimum atomic E-state index is -1.01. The molecule has 0 spiro atoms. The predicted octanol–water partition coefficient (Wildman–Crippen LogP) is 5.30. The van der Waals surface area contributed by atoms with E-state index in [-0.39, 0.29) is 4.91 Å². The van der Waals surface area contributed by atoms with E-state index < -0.39 is 23.2 Å². The number of ether oxygens (including phenoxy) is 3. The first kappa shape index (κ1) is 26.1. The lowest BCUT2D eigenvalue weighted by Gasteiger charge is -2.18. The van der Waals surface area contributed by atoms with Crippen LogP contribution in [0.15, 0.2) is 54.0 Å². The molecule has 1 heterocycles. The van der Waals surface area contributed by atoms with Gasteiger partial charge in [-0.25, -0.2) is 4.79 Å². The van der Waals surface area contributed by atoms with Crippen LogP contribution in [-0.4, -0.2) is 41.8 Å². The summed E-state index contributed by atoms with van der Waals surface area (Å²) in [5.74, 6) is -0.0550. The zero-order valence-electron chi connectivity index (χ0n) is 20.3. The van der Waals surface area contributed by atoms with Gasteiger partial charge in [0.05, 0.1) is 18.6 Å². The van der Waals surface area contributed by atoms with E-state index in [1.165, 1.54) is 19.6 Å². The molecule has 35 heavy (non-hydrogen) atoms. The summed E-state index contributed by atoms with van der Waals surface area (Å²) >= 11 is 0.783. The van der Waals surface area contributed by atoms with Crippen LogP contribution in [0, 0.1) is 6.92 Å². The summed E-state index contributed by atoms with van der Waals surface area (Å²) in [6.45, 7) is 10.0. The molecular weight excluding hydrogens is 466 g/mol. The molecule has 0 aromatic heterocycles. The average molecular weight is 496 g/mol. The SMILES string of the molecule is C=CCc1cc(/C=C2/SC(=O)N([C@@H](C)C(=O)OC)C2=O)cc(OCC)c1OCc1ccc(C)cc1. The molecule has 0 aliphatic carbocycles. The van der Waals surface area contributed by atoms with E-state index in [2.05, 4.69) is 11.3 Å². The van der Waals surface area contributed by atoms with Crippen molar-refractivity contribution in [3.05, 3.63) is 76.2 Å². The van der Waals surface area contributed by atoms with E-state index in [4.69, 9.17) is 9.47 Å². The van der Waals surface area contributed by atoms with Gasteiger partial charge in [0.25, 0.3) is 11.1 Å².